The largest absolute Gasteiger partial charge is 0.573 e. The summed E-state index contributed by atoms with van der Waals surface area (Å²) in [6.07, 6.45) is -2.07. The zero-order valence-corrected chi connectivity index (χ0v) is 21.4. The topological polar surface area (TPSA) is 67.9 Å². The Hall–Kier alpha value is -1.56. The molecule has 6 nitrogen and oxygen atoms in total. The molecule has 1 aliphatic heterocycles. The molecule has 12 heteroatoms. The number of piperidine rings is 1. The van der Waals surface area contributed by atoms with Crippen LogP contribution in [0.15, 0.2) is 47.4 Å². The van der Waals surface area contributed by atoms with Gasteiger partial charge in [0.15, 0.2) is 0 Å². The molecular weight excluding hydrogens is 528 g/mol. The number of sulfonamides is 1. The average Bonchev–Trinajstić information content (AvgIpc) is 2.79. The van der Waals surface area contributed by atoms with Crippen molar-refractivity contribution in [2.45, 2.75) is 49.6 Å². The summed E-state index contributed by atoms with van der Waals surface area (Å²) in [4.78, 5) is 1.95. The van der Waals surface area contributed by atoms with E-state index >= 15 is 0 Å². The van der Waals surface area contributed by atoms with Gasteiger partial charge in [-0.05, 0) is 61.2 Å². The Morgan fingerprint density at radius 1 is 1.09 bits per heavy atom. The molecule has 1 saturated heterocycles. The molecule has 0 amide bonds. The van der Waals surface area contributed by atoms with Crippen LogP contribution >= 0.6 is 23.2 Å². The van der Waals surface area contributed by atoms with Crippen molar-refractivity contribution in [1.82, 2.24) is 9.62 Å². The van der Waals surface area contributed by atoms with Gasteiger partial charge in [0.1, 0.15) is 5.75 Å². The minimum absolute atomic E-state index is 0.184. The monoisotopic (exact) mass is 554 g/mol. The maximum absolute atomic E-state index is 13.1. The quantitative estimate of drug-likeness (QED) is 0.401. The fourth-order valence-electron chi connectivity index (χ4n) is 3.82. The lowest BCUT2D eigenvalue weighted by Crippen LogP contribution is -2.43. The normalized spacial score (nSPS) is 16.9. The van der Waals surface area contributed by atoms with Gasteiger partial charge in [0.25, 0.3) is 0 Å². The number of nitrogens with one attached hydrogen (secondary N) is 1. The first-order valence-electron chi connectivity index (χ1n) is 11.1. The SMILES string of the molecule is CCCOC1CCN(C[C@H](NS(=O)(=O)c2ccc(OC(F)(F)F)cc2)c2ccc(Cl)c(Cl)c2)CC1. The first kappa shape index (κ1) is 28.0. The van der Waals surface area contributed by atoms with E-state index in [0.717, 1.165) is 56.6 Å². The number of alkyl halides is 3. The molecule has 0 unspecified atom stereocenters. The maximum atomic E-state index is 13.1. The van der Waals surface area contributed by atoms with Crippen molar-refractivity contribution < 1.29 is 31.1 Å². The standard InChI is InChI=1S/C23H27Cl2F3N2O4S/c1-2-13-33-17-9-11-30(12-10-17)15-22(16-3-8-20(24)21(25)14-16)29-35(31,32)19-6-4-18(5-7-19)34-23(26,27)28/h3-8,14,17,22,29H,2,9-13,15H2,1H3/t22-/m0/s1. The van der Waals surface area contributed by atoms with Crippen LogP contribution in [0.3, 0.4) is 0 Å². The minimum atomic E-state index is -4.87. The predicted molar refractivity (Wildman–Crippen MR) is 128 cm³/mol. The summed E-state index contributed by atoms with van der Waals surface area (Å²) >= 11 is 12.2. The Morgan fingerprint density at radius 3 is 2.31 bits per heavy atom. The van der Waals surface area contributed by atoms with E-state index in [1.165, 1.54) is 0 Å². The molecule has 35 heavy (non-hydrogen) atoms. The molecule has 0 aromatic heterocycles. The highest BCUT2D eigenvalue weighted by Gasteiger charge is 2.31. The van der Waals surface area contributed by atoms with E-state index in [1.807, 2.05) is 0 Å². The van der Waals surface area contributed by atoms with Gasteiger partial charge in [-0.1, -0.05) is 36.2 Å². The molecule has 3 rings (SSSR count). The number of benzene rings is 2. The fraction of sp³-hybridized carbons (Fsp3) is 0.478. The van der Waals surface area contributed by atoms with Crippen molar-refractivity contribution in [3.05, 3.63) is 58.1 Å². The van der Waals surface area contributed by atoms with Gasteiger partial charge in [-0.2, -0.15) is 0 Å². The second-order valence-corrected chi connectivity index (χ2v) is 10.8. The van der Waals surface area contributed by atoms with Gasteiger partial charge >= 0.3 is 6.36 Å². The fourth-order valence-corrected chi connectivity index (χ4v) is 5.34. The number of hydrogen-bond acceptors (Lipinski definition) is 5. The molecule has 194 valence electrons. The Labute approximate surface area is 213 Å². The van der Waals surface area contributed by atoms with Crippen LogP contribution in [0.25, 0.3) is 0 Å². The van der Waals surface area contributed by atoms with Gasteiger partial charge in [-0.15, -0.1) is 13.2 Å². The van der Waals surface area contributed by atoms with Gasteiger partial charge in [-0.25, -0.2) is 13.1 Å². The van der Waals surface area contributed by atoms with Crippen molar-refractivity contribution in [2.24, 2.45) is 0 Å². The highest BCUT2D eigenvalue weighted by atomic mass is 35.5. The zero-order valence-electron chi connectivity index (χ0n) is 19.0. The lowest BCUT2D eigenvalue weighted by atomic mass is 10.0. The van der Waals surface area contributed by atoms with Crippen LogP contribution in [-0.2, 0) is 14.8 Å². The number of rotatable bonds is 10. The number of nitrogens with zero attached hydrogens (tertiary/aromatic N) is 1. The van der Waals surface area contributed by atoms with Crippen molar-refractivity contribution >= 4 is 33.2 Å². The van der Waals surface area contributed by atoms with Gasteiger partial charge in [0.05, 0.1) is 27.1 Å². The maximum Gasteiger partial charge on any atom is 0.573 e. The third-order valence-corrected chi connectivity index (χ3v) is 7.77. The first-order valence-corrected chi connectivity index (χ1v) is 13.4. The summed E-state index contributed by atoms with van der Waals surface area (Å²) in [5.41, 5.74) is 0.615. The molecule has 0 bridgehead atoms. The van der Waals surface area contributed by atoms with Crippen molar-refractivity contribution in [2.75, 3.05) is 26.2 Å². The van der Waals surface area contributed by atoms with E-state index in [2.05, 4.69) is 21.3 Å². The molecular formula is C23H27Cl2F3N2O4S. The number of hydrogen-bond donors (Lipinski definition) is 1. The molecule has 1 N–H and O–H groups in total. The van der Waals surface area contributed by atoms with Crippen LogP contribution in [0.5, 0.6) is 5.75 Å². The van der Waals surface area contributed by atoms with Crippen molar-refractivity contribution in [1.29, 1.82) is 0 Å². The van der Waals surface area contributed by atoms with E-state index < -0.39 is 28.2 Å². The Bertz CT molecular complexity index is 1080. The molecule has 0 spiro atoms. The lowest BCUT2D eigenvalue weighted by molar-refractivity contribution is -0.274. The number of ether oxygens (including phenoxy) is 2. The van der Waals surface area contributed by atoms with Crippen LogP contribution in [0.1, 0.15) is 37.8 Å². The molecule has 1 heterocycles. The van der Waals surface area contributed by atoms with E-state index in [9.17, 15) is 21.6 Å². The van der Waals surface area contributed by atoms with Crippen LogP contribution in [0.2, 0.25) is 10.0 Å². The Balaban J connectivity index is 1.77. The van der Waals surface area contributed by atoms with Gasteiger partial charge in [0.2, 0.25) is 10.0 Å². The summed E-state index contributed by atoms with van der Waals surface area (Å²) in [6, 6.07) is 8.25. The minimum Gasteiger partial charge on any atom is -0.406 e. The van der Waals surface area contributed by atoms with Gasteiger partial charge in [-0.3, -0.25) is 0 Å². The second kappa shape index (κ2) is 12.1. The second-order valence-electron chi connectivity index (χ2n) is 8.24. The van der Waals surface area contributed by atoms with Crippen LogP contribution in [0.4, 0.5) is 13.2 Å². The summed E-state index contributed by atoms with van der Waals surface area (Å²) in [7, 11) is -4.08. The van der Waals surface area contributed by atoms with Gasteiger partial charge < -0.3 is 14.4 Å². The molecule has 1 fully saturated rings. The number of halogens is 5. The van der Waals surface area contributed by atoms with Crippen LogP contribution in [-0.4, -0.2) is 52.0 Å². The van der Waals surface area contributed by atoms with Crippen LogP contribution < -0.4 is 9.46 Å². The summed E-state index contributed by atoms with van der Waals surface area (Å²) in [6.45, 7) is 4.60. The predicted octanol–water partition coefficient (Wildman–Crippen LogP) is 5.80. The molecule has 1 aliphatic rings. The van der Waals surface area contributed by atoms with Crippen molar-refractivity contribution in [3.8, 4) is 5.75 Å². The average molecular weight is 555 g/mol. The molecule has 1 atom stereocenters. The van der Waals surface area contributed by atoms with Gasteiger partial charge in [0, 0.05) is 26.2 Å². The first-order chi connectivity index (χ1) is 16.5. The van der Waals surface area contributed by atoms with E-state index in [-0.39, 0.29) is 16.0 Å². The zero-order chi connectivity index (χ0) is 25.6. The smallest absolute Gasteiger partial charge is 0.406 e. The summed E-state index contributed by atoms with van der Waals surface area (Å²) < 4.78 is 75.8. The van der Waals surface area contributed by atoms with E-state index in [4.69, 9.17) is 27.9 Å². The van der Waals surface area contributed by atoms with E-state index in [1.54, 1.807) is 18.2 Å². The Morgan fingerprint density at radius 2 is 1.74 bits per heavy atom. The third kappa shape index (κ3) is 8.51. The molecule has 0 aliphatic carbocycles. The molecule has 0 saturated carbocycles. The van der Waals surface area contributed by atoms with E-state index in [0.29, 0.717) is 23.7 Å². The molecule has 2 aromatic rings. The Kier molecular flexibility index (Phi) is 9.70. The lowest BCUT2D eigenvalue weighted by Gasteiger charge is -2.34. The molecule has 0 radical (unpaired) electrons. The third-order valence-electron chi connectivity index (χ3n) is 5.54. The summed E-state index contributed by atoms with van der Waals surface area (Å²) in [5, 5.41) is 0.625. The highest BCUT2D eigenvalue weighted by Crippen LogP contribution is 2.29. The van der Waals surface area contributed by atoms with Crippen molar-refractivity contribution in [3.63, 3.8) is 0 Å². The van der Waals surface area contributed by atoms with Crippen LogP contribution in [0, 0.1) is 0 Å². The highest BCUT2D eigenvalue weighted by molar-refractivity contribution is 7.89. The number of likely N-dealkylation sites (tertiary alicyclic amines) is 1. The molecule has 2 aromatic carbocycles. The summed E-state index contributed by atoms with van der Waals surface area (Å²) in [5.74, 6) is -0.509.